The number of hydrogen-bond acceptors (Lipinski definition) is 5. The lowest BCUT2D eigenvalue weighted by atomic mass is 10.1. The van der Waals surface area contributed by atoms with Gasteiger partial charge in [0.05, 0.1) is 25.5 Å². The van der Waals surface area contributed by atoms with E-state index >= 15 is 0 Å². The van der Waals surface area contributed by atoms with E-state index in [1.54, 1.807) is 18.7 Å². The molecule has 0 saturated carbocycles. The molecule has 6 nitrogen and oxygen atoms in total. The fourth-order valence-electron chi connectivity index (χ4n) is 2.70. The Balaban J connectivity index is 1.85. The van der Waals surface area contributed by atoms with Gasteiger partial charge in [-0.15, -0.1) is 10.2 Å². The van der Waals surface area contributed by atoms with E-state index in [0.29, 0.717) is 11.5 Å². The van der Waals surface area contributed by atoms with Crippen molar-refractivity contribution >= 4 is 5.65 Å². The van der Waals surface area contributed by atoms with Crippen LogP contribution in [0.1, 0.15) is 0 Å². The largest absolute Gasteiger partial charge is 0.497 e. The van der Waals surface area contributed by atoms with Gasteiger partial charge in [0, 0.05) is 5.56 Å². The molecule has 4 rings (SSSR count). The number of benzene rings is 2. The Morgan fingerprint density at radius 1 is 0.800 bits per heavy atom. The maximum atomic E-state index is 5.44. The van der Waals surface area contributed by atoms with E-state index in [9.17, 15) is 0 Å². The van der Waals surface area contributed by atoms with Crippen LogP contribution in [0.4, 0.5) is 0 Å². The van der Waals surface area contributed by atoms with Crippen molar-refractivity contribution in [1.82, 2.24) is 19.8 Å². The predicted molar refractivity (Wildman–Crippen MR) is 94.8 cm³/mol. The molecule has 0 unspecified atom stereocenters. The van der Waals surface area contributed by atoms with Crippen LogP contribution in [0.3, 0.4) is 0 Å². The van der Waals surface area contributed by atoms with Gasteiger partial charge >= 0.3 is 0 Å². The first-order valence-corrected chi connectivity index (χ1v) is 7.80. The van der Waals surface area contributed by atoms with Gasteiger partial charge in [-0.2, -0.15) is 9.61 Å². The standard InChI is InChI=1S/C19H16N4O2/c1-24-14-9-7-13(8-10-14)16-11-12-18-20-21-19(23(18)22-16)15-5-3-4-6-17(15)25-2/h3-12H,1-2H3. The Morgan fingerprint density at radius 2 is 1.60 bits per heavy atom. The second-order valence-electron chi connectivity index (χ2n) is 5.44. The number of nitrogens with zero attached hydrogens (tertiary/aromatic N) is 4. The van der Waals surface area contributed by atoms with Crippen molar-refractivity contribution in [1.29, 1.82) is 0 Å². The maximum Gasteiger partial charge on any atom is 0.189 e. The Bertz CT molecular complexity index is 1030. The van der Waals surface area contributed by atoms with Crippen molar-refractivity contribution in [2.45, 2.75) is 0 Å². The molecule has 0 saturated heterocycles. The molecule has 0 amide bonds. The second-order valence-corrected chi connectivity index (χ2v) is 5.44. The van der Waals surface area contributed by atoms with E-state index in [4.69, 9.17) is 14.6 Å². The first-order chi connectivity index (χ1) is 12.3. The summed E-state index contributed by atoms with van der Waals surface area (Å²) in [6.07, 6.45) is 0. The fourth-order valence-corrected chi connectivity index (χ4v) is 2.70. The molecule has 0 aliphatic rings. The predicted octanol–water partition coefficient (Wildman–Crippen LogP) is 3.48. The van der Waals surface area contributed by atoms with Crippen LogP contribution in [-0.4, -0.2) is 34.0 Å². The van der Waals surface area contributed by atoms with Gasteiger partial charge in [0.1, 0.15) is 11.5 Å². The smallest absolute Gasteiger partial charge is 0.189 e. The van der Waals surface area contributed by atoms with Crippen LogP contribution in [0.2, 0.25) is 0 Å². The lowest BCUT2D eigenvalue weighted by Crippen LogP contribution is -1.98. The van der Waals surface area contributed by atoms with E-state index in [2.05, 4.69) is 10.2 Å². The van der Waals surface area contributed by atoms with Crippen molar-refractivity contribution in [3.63, 3.8) is 0 Å². The highest BCUT2D eigenvalue weighted by molar-refractivity contribution is 5.67. The van der Waals surface area contributed by atoms with Crippen LogP contribution in [0.15, 0.2) is 60.7 Å². The van der Waals surface area contributed by atoms with Gasteiger partial charge in [-0.1, -0.05) is 12.1 Å². The van der Waals surface area contributed by atoms with E-state index < -0.39 is 0 Å². The summed E-state index contributed by atoms with van der Waals surface area (Å²) in [5, 5.41) is 13.2. The molecule has 0 spiro atoms. The van der Waals surface area contributed by atoms with Crippen LogP contribution in [0, 0.1) is 0 Å². The molecule has 25 heavy (non-hydrogen) atoms. The molecule has 2 heterocycles. The number of methoxy groups -OCH3 is 2. The number of hydrogen-bond donors (Lipinski definition) is 0. The van der Waals surface area contributed by atoms with Gasteiger partial charge < -0.3 is 9.47 Å². The lowest BCUT2D eigenvalue weighted by molar-refractivity contribution is 0.415. The van der Waals surface area contributed by atoms with E-state index in [-0.39, 0.29) is 0 Å². The third-order valence-electron chi connectivity index (χ3n) is 4.00. The summed E-state index contributed by atoms with van der Waals surface area (Å²) >= 11 is 0. The minimum atomic E-state index is 0.641. The zero-order chi connectivity index (χ0) is 17.2. The fraction of sp³-hybridized carbons (Fsp3) is 0.105. The molecule has 0 atom stereocenters. The molecule has 6 heteroatoms. The van der Waals surface area contributed by atoms with Crippen LogP contribution >= 0.6 is 0 Å². The summed E-state index contributed by atoms with van der Waals surface area (Å²) in [4.78, 5) is 0. The second kappa shape index (κ2) is 6.24. The summed E-state index contributed by atoms with van der Waals surface area (Å²) in [7, 11) is 3.29. The number of aromatic nitrogens is 4. The quantitative estimate of drug-likeness (QED) is 0.572. The molecule has 0 radical (unpaired) electrons. The number of fused-ring (bicyclic) bond motifs is 1. The lowest BCUT2D eigenvalue weighted by Gasteiger charge is -2.07. The van der Waals surface area contributed by atoms with Gasteiger partial charge in [0.25, 0.3) is 0 Å². The van der Waals surface area contributed by atoms with E-state index in [1.165, 1.54) is 0 Å². The van der Waals surface area contributed by atoms with Gasteiger partial charge in [-0.3, -0.25) is 0 Å². The summed E-state index contributed by atoms with van der Waals surface area (Å²) in [6.45, 7) is 0. The van der Waals surface area contributed by atoms with Crippen LogP contribution < -0.4 is 9.47 Å². The van der Waals surface area contributed by atoms with Crippen molar-refractivity contribution in [3.8, 4) is 34.1 Å². The minimum Gasteiger partial charge on any atom is -0.497 e. The molecule has 124 valence electrons. The van der Waals surface area contributed by atoms with Crippen LogP contribution in [0.25, 0.3) is 28.3 Å². The average molecular weight is 332 g/mol. The van der Waals surface area contributed by atoms with Gasteiger partial charge in [-0.25, -0.2) is 0 Å². The normalized spacial score (nSPS) is 10.8. The number of ether oxygens (including phenoxy) is 2. The molecule has 0 aliphatic heterocycles. The first kappa shape index (κ1) is 15.1. The molecular weight excluding hydrogens is 316 g/mol. The average Bonchev–Trinajstić information content (AvgIpc) is 3.11. The highest BCUT2D eigenvalue weighted by atomic mass is 16.5. The topological polar surface area (TPSA) is 61.5 Å². The van der Waals surface area contributed by atoms with Gasteiger partial charge in [0.2, 0.25) is 0 Å². The molecule has 2 aromatic heterocycles. The maximum absolute atomic E-state index is 5.44. The highest BCUT2D eigenvalue weighted by Gasteiger charge is 2.14. The van der Waals surface area contributed by atoms with Crippen molar-refractivity contribution < 1.29 is 9.47 Å². The molecule has 2 aromatic carbocycles. The monoisotopic (exact) mass is 332 g/mol. The SMILES string of the molecule is COc1ccc(-c2ccc3nnc(-c4ccccc4OC)n3n2)cc1. The Labute approximate surface area is 144 Å². The highest BCUT2D eigenvalue weighted by Crippen LogP contribution is 2.29. The van der Waals surface area contributed by atoms with Crippen molar-refractivity contribution in [2.75, 3.05) is 14.2 Å². The third-order valence-corrected chi connectivity index (χ3v) is 4.00. The van der Waals surface area contributed by atoms with Crippen LogP contribution in [-0.2, 0) is 0 Å². The molecule has 0 fully saturated rings. The Morgan fingerprint density at radius 3 is 2.36 bits per heavy atom. The van der Waals surface area contributed by atoms with Gasteiger partial charge in [0.15, 0.2) is 11.5 Å². The number of rotatable bonds is 4. The minimum absolute atomic E-state index is 0.641. The third kappa shape index (κ3) is 2.67. The zero-order valence-corrected chi connectivity index (χ0v) is 13.9. The van der Waals surface area contributed by atoms with E-state index in [1.807, 2.05) is 60.7 Å². The molecular formula is C19H16N4O2. The summed E-state index contributed by atoms with van der Waals surface area (Å²) < 4.78 is 12.4. The van der Waals surface area contributed by atoms with E-state index in [0.717, 1.165) is 28.3 Å². The molecule has 0 bridgehead atoms. The summed E-state index contributed by atoms with van der Waals surface area (Å²) in [5.74, 6) is 2.18. The Hall–Kier alpha value is -3.41. The number of para-hydroxylation sites is 1. The molecule has 0 N–H and O–H groups in total. The molecule has 4 aromatic rings. The van der Waals surface area contributed by atoms with Crippen LogP contribution in [0.5, 0.6) is 11.5 Å². The van der Waals surface area contributed by atoms with Crippen molar-refractivity contribution in [2.24, 2.45) is 0 Å². The summed E-state index contributed by atoms with van der Waals surface area (Å²) in [5.41, 5.74) is 3.34. The summed E-state index contributed by atoms with van der Waals surface area (Å²) in [6, 6.07) is 19.3. The van der Waals surface area contributed by atoms with Crippen molar-refractivity contribution in [3.05, 3.63) is 60.7 Å². The van der Waals surface area contributed by atoms with Gasteiger partial charge in [-0.05, 0) is 48.5 Å². The first-order valence-electron chi connectivity index (χ1n) is 7.80. The zero-order valence-electron chi connectivity index (χ0n) is 13.9. The Kier molecular flexibility index (Phi) is 3.78. The molecule has 0 aliphatic carbocycles.